The molecule has 0 aliphatic carbocycles. The molecule has 0 N–H and O–H groups in total. The van der Waals surface area contributed by atoms with Gasteiger partial charge < -0.3 is 14.4 Å². The Bertz CT molecular complexity index is 472. The number of benzene rings is 1. The number of rotatable bonds is 2. The highest BCUT2D eigenvalue weighted by Crippen LogP contribution is 2.26. The van der Waals surface area contributed by atoms with Gasteiger partial charge in [0.15, 0.2) is 0 Å². The lowest BCUT2D eigenvalue weighted by Crippen LogP contribution is -2.36. The highest BCUT2D eigenvalue weighted by Gasteiger charge is 2.29. The maximum atomic E-state index is 11.7. The first-order valence-corrected chi connectivity index (χ1v) is 6.48. The molecule has 1 radical (unpaired) electrons. The van der Waals surface area contributed by atoms with Crippen LogP contribution in [0.4, 0.5) is 16.2 Å². The highest BCUT2D eigenvalue weighted by atomic mass is 16.6. The number of hydrogen-bond donors (Lipinski definition) is 0. The van der Waals surface area contributed by atoms with Crippen molar-refractivity contribution in [2.75, 3.05) is 42.6 Å². The second-order valence-electron chi connectivity index (χ2n) is 4.74. The summed E-state index contributed by atoms with van der Waals surface area (Å²) in [6.07, 6.45) is -0.612. The van der Waals surface area contributed by atoms with E-state index in [4.69, 9.17) is 9.47 Å². The van der Waals surface area contributed by atoms with Crippen LogP contribution in [0.3, 0.4) is 0 Å². The zero-order valence-electron chi connectivity index (χ0n) is 10.7. The monoisotopic (exact) mass is 261 g/mol. The normalized spacial score (nSPS) is 23.6. The third-order valence-corrected chi connectivity index (χ3v) is 3.39. The minimum Gasteiger partial charge on any atom is -0.444 e. The Hall–Kier alpha value is -1.75. The molecule has 0 bridgehead atoms. The SMILES string of the molecule is [CH2][C@@H]1CN(c2cccc(N3CCOCC3)c2)C(=O)O1. The zero-order chi connectivity index (χ0) is 13.2. The van der Waals surface area contributed by atoms with Gasteiger partial charge in [-0.2, -0.15) is 0 Å². The van der Waals surface area contributed by atoms with Gasteiger partial charge in [0.05, 0.1) is 19.8 Å². The molecule has 1 aromatic carbocycles. The Morgan fingerprint density at radius 1 is 1.21 bits per heavy atom. The summed E-state index contributed by atoms with van der Waals surface area (Å²) in [5, 5.41) is 0. The van der Waals surface area contributed by atoms with E-state index in [2.05, 4.69) is 17.9 Å². The van der Waals surface area contributed by atoms with Crippen LogP contribution in [0.1, 0.15) is 0 Å². The largest absolute Gasteiger partial charge is 0.444 e. The lowest BCUT2D eigenvalue weighted by Gasteiger charge is -2.29. The van der Waals surface area contributed by atoms with Crippen LogP contribution >= 0.6 is 0 Å². The number of amides is 1. The zero-order valence-corrected chi connectivity index (χ0v) is 10.7. The molecule has 0 unspecified atom stereocenters. The molecule has 0 spiro atoms. The van der Waals surface area contributed by atoms with Crippen molar-refractivity contribution in [1.82, 2.24) is 0 Å². The van der Waals surface area contributed by atoms with Gasteiger partial charge in [-0.3, -0.25) is 4.90 Å². The van der Waals surface area contributed by atoms with E-state index in [0.29, 0.717) is 6.54 Å². The summed E-state index contributed by atoms with van der Waals surface area (Å²) in [5.74, 6) is 0. The second-order valence-corrected chi connectivity index (χ2v) is 4.74. The molecule has 0 aromatic heterocycles. The van der Waals surface area contributed by atoms with Gasteiger partial charge in [-0.25, -0.2) is 4.79 Å². The minimum absolute atomic E-state index is 0.292. The van der Waals surface area contributed by atoms with Crippen LogP contribution < -0.4 is 9.80 Å². The lowest BCUT2D eigenvalue weighted by atomic mass is 10.2. The van der Waals surface area contributed by atoms with Gasteiger partial charge in [-0.05, 0) is 25.1 Å². The fraction of sp³-hybridized carbons (Fsp3) is 0.429. The Balaban J connectivity index is 1.81. The highest BCUT2D eigenvalue weighted by molar-refractivity contribution is 5.90. The van der Waals surface area contributed by atoms with Crippen molar-refractivity contribution in [2.24, 2.45) is 0 Å². The van der Waals surface area contributed by atoms with Crippen molar-refractivity contribution >= 4 is 17.5 Å². The Morgan fingerprint density at radius 3 is 2.63 bits per heavy atom. The summed E-state index contributed by atoms with van der Waals surface area (Å²) in [5.41, 5.74) is 1.97. The van der Waals surface area contributed by atoms with Crippen LogP contribution in [0.15, 0.2) is 24.3 Å². The van der Waals surface area contributed by atoms with Crippen molar-refractivity contribution < 1.29 is 14.3 Å². The molecule has 1 atom stereocenters. The average molecular weight is 261 g/mol. The Labute approximate surface area is 112 Å². The molecule has 101 valence electrons. The first-order chi connectivity index (χ1) is 9.24. The third kappa shape index (κ3) is 2.51. The number of cyclic esters (lactones) is 1. The smallest absolute Gasteiger partial charge is 0.414 e. The fourth-order valence-corrected chi connectivity index (χ4v) is 2.41. The van der Waals surface area contributed by atoms with Gasteiger partial charge >= 0.3 is 6.09 Å². The van der Waals surface area contributed by atoms with Gasteiger partial charge in [0, 0.05) is 24.5 Å². The first-order valence-electron chi connectivity index (χ1n) is 6.48. The van der Waals surface area contributed by atoms with E-state index in [1.165, 1.54) is 0 Å². The molecule has 2 saturated heterocycles. The minimum atomic E-state index is -0.320. The van der Waals surface area contributed by atoms with E-state index in [1.807, 2.05) is 18.2 Å². The van der Waals surface area contributed by atoms with Crippen molar-refractivity contribution in [2.45, 2.75) is 6.10 Å². The first kappa shape index (κ1) is 12.3. The standard InChI is InChI=1S/C14H17N2O3/c1-11-10-16(14(17)19-11)13-4-2-3-12(9-13)15-5-7-18-8-6-15/h2-4,9,11H,1,5-8,10H2/t11-/m1/s1. The summed E-state index contributed by atoms with van der Waals surface area (Å²) < 4.78 is 10.4. The van der Waals surface area contributed by atoms with E-state index in [-0.39, 0.29) is 12.2 Å². The molecule has 2 fully saturated rings. The quantitative estimate of drug-likeness (QED) is 0.812. The van der Waals surface area contributed by atoms with Gasteiger partial charge in [-0.1, -0.05) is 6.07 Å². The molecule has 5 nitrogen and oxygen atoms in total. The van der Waals surface area contributed by atoms with Crippen molar-refractivity contribution in [3.05, 3.63) is 31.2 Å². The van der Waals surface area contributed by atoms with E-state index in [9.17, 15) is 4.79 Å². The van der Waals surface area contributed by atoms with Crippen LogP contribution in [0.2, 0.25) is 0 Å². The molecule has 1 aromatic rings. The van der Waals surface area contributed by atoms with Gasteiger partial charge in [0.2, 0.25) is 0 Å². The van der Waals surface area contributed by atoms with Crippen LogP contribution in [0.5, 0.6) is 0 Å². The topological polar surface area (TPSA) is 42.0 Å². The summed E-state index contributed by atoms with van der Waals surface area (Å²) in [6, 6.07) is 7.95. The lowest BCUT2D eigenvalue weighted by molar-refractivity contribution is 0.122. The molecule has 0 saturated carbocycles. The van der Waals surface area contributed by atoms with Crippen LogP contribution in [-0.4, -0.2) is 45.0 Å². The van der Waals surface area contributed by atoms with Gasteiger partial charge in [0.1, 0.15) is 6.10 Å². The van der Waals surface area contributed by atoms with E-state index in [1.54, 1.807) is 4.90 Å². The maximum Gasteiger partial charge on any atom is 0.414 e. The third-order valence-electron chi connectivity index (χ3n) is 3.39. The van der Waals surface area contributed by atoms with Crippen molar-refractivity contribution in [3.8, 4) is 0 Å². The Morgan fingerprint density at radius 2 is 1.95 bits per heavy atom. The summed E-state index contributed by atoms with van der Waals surface area (Å²) in [4.78, 5) is 15.6. The summed E-state index contributed by atoms with van der Waals surface area (Å²) in [7, 11) is 0. The average Bonchev–Trinajstić information content (AvgIpc) is 2.79. The van der Waals surface area contributed by atoms with Crippen LogP contribution in [-0.2, 0) is 9.47 Å². The van der Waals surface area contributed by atoms with Gasteiger partial charge in [-0.15, -0.1) is 0 Å². The maximum absolute atomic E-state index is 11.7. The number of nitrogens with zero attached hydrogens (tertiary/aromatic N) is 2. The number of morpholine rings is 1. The van der Waals surface area contributed by atoms with Crippen LogP contribution in [0, 0.1) is 6.92 Å². The number of anilines is 2. The predicted molar refractivity (Wildman–Crippen MR) is 72.4 cm³/mol. The predicted octanol–water partition coefficient (Wildman–Crippen LogP) is 1.68. The van der Waals surface area contributed by atoms with E-state index >= 15 is 0 Å². The fourth-order valence-electron chi connectivity index (χ4n) is 2.41. The summed E-state index contributed by atoms with van der Waals surface area (Å²) in [6.45, 7) is 7.53. The van der Waals surface area contributed by atoms with Crippen molar-refractivity contribution in [1.29, 1.82) is 0 Å². The van der Waals surface area contributed by atoms with E-state index < -0.39 is 0 Å². The molecule has 5 heteroatoms. The molecular formula is C14H17N2O3. The molecule has 1 amide bonds. The van der Waals surface area contributed by atoms with Crippen LogP contribution in [0.25, 0.3) is 0 Å². The van der Waals surface area contributed by atoms with Crippen molar-refractivity contribution in [3.63, 3.8) is 0 Å². The summed E-state index contributed by atoms with van der Waals surface area (Å²) >= 11 is 0. The number of ether oxygens (including phenoxy) is 2. The molecule has 19 heavy (non-hydrogen) atoms. The number of hydrogen-bond acceptors (Lipinski definition) is 4. The molecule has 2 aliphatic rings. The van der Waals surface area contributed by atoms with E-state index in [0.717, 1.165) is 37.7 Å². The molecule has 2 aliphatic heterocycles. The number of carbonyl (C=O) groups excluding carboxylic acids is 1. The second kappa shape index (κ2) is 5.09. The molecule has 3 rings (SSSR count). The Kier molecular flexibility index (Phi) is 3.29. The van der Waals surface area contributed by atoms with Gasteiger partial charge in [0.25, 0.3) is 0 Å². The molecular weight excluding hydrogens is 244 g/mol. The number of carbonyl (C=O) groups is 1. The molecule has 2 heterocycles.